The normalized spacial score (nSPS) is 16.3. The van der Waals surface area contributed by atoms with Crippen molar-refractivity contribution in [3.63, 3.8) is 0 Å². The van der Waals surface area contributed by atoms with E-state index in [0.717, 1.165) is 19.3 Å². The van der Waals surface area contributed by atoms with Crippen LogP contribution < -0.4 is 14.8 Å². The maximum Gasteiger partial charge on any atom is 0.224 e. The SMILES string of the molecule is COc1ccccc1OCC#CCNC(=O)[C@H]1CC=CCC1. The average Bonchev–Trinajstić information content (AvgIpc) is 2.58. The molecule has 0 fully saturated rings. The Morgan fingerprint density at radius 3 is 2.82 bits per heavy atom. The van der Waals surface area contributed by atoms with Gasteiger partial charge in [-0.1, -0.05) is 36.1 Å². The summed E-state index contributed by atoms with van der Waals surface area (Å²) in [5.74, 6) is 7.31. The van der Waals surface area contributed by atoms with Gasteiger partial charge in [-0.25, -0.2) is 0 Å². The number of amides is 1. The van der Waals surface area contributed by atoms with E-state index in [-0.39, 0.29) is 18.4 Å². The first-order valence-electron chi connectivity index (χ1n) is 7.45. The zero-order chi connectivity index (χ0) is 15.6. The number of hydrogen-bond acceptors (Lipinski definition) is 3. The highest BCUT2D eigenvalue weighted by Gasteiger charge is 2.17. The molecule has 0 heterocycles. The summed E-state index contributed by atoms with van der Waals surface area (Å²) in [6.07, 6.45) is 6.93. The van der Waals surface area contributed by atoms with Crippen LogP contribution in [0.25, 0.3) is 0 Å². The van der Waals surface area contributed by atoms with Crippen LogP contribution >= 0.6 is 0 Å². The molecule has 1 aliphatic rings. The third-order valence-corrected chi connectivity index (χ3v) is 3.48. The molecule has 0 saturated carbocycles. The third kappa shape index (κ3) is 4.85. The topological polar surface area (TPSA) is 47.6 Å². The second-order valence-electron chi connectivity index (χ2n) is 4.99. The standard InChI is InChI=1S/C18H21NO3/c1-21-16-11-5-6-12-17(16)22-14-8-7-13-19-18(20)15-9-3-2-4-10-15/h2-3,5-6,11-12,15H,4,9-10,13-14H2,1H3,(H,19,20)/t15-/m0/s1. The van der Waals surface area contributed by atoms with Gasteiger partial charge in [0.1, 0.15) is 6.61 Å². The second-order valence-corrected chi connectivity index (χ2v) is 4.99. The molecule has 0 bridgehead atoms. The first kappa shape index (κ1) is 16.0. The fourth-order valence-corrected chi connectivity index (χ4v) is 2.27. The minimum absolute atomic E-state index is 0.0873. The highest BCUT2D eigenvalue weighted by molar-refractivity contribution is 5.79. The summed E-state index contributed by atoms with van der Waals surface area (Å²) in [6, 6.07) is 7.43. The lowest BCUT2D eigenvalue weighted by molar-refractivity contribution is -0.124. The molecule has 1 atom stereocenters. The van der Waals surface area contributed by atoms with Crippen molar-refractivity contribution in [2.24, 2.45) is 5.92 Å². The average molecular weight is 299 g/mol. The second kappa shape index (κ2) is 8.78. The predicted molar refractivity (Wildman–Crippen MR) is 85.8 cm³/mol. The quantitative estimate of drug-likeness (QED) is 0.671. The molecule has 1 aliphatic carbocycles. The monoisotopic (exact) mass is 299 g/mol. The van der Waals surface area contributed by atoms with Crippen molar-refractivity contribution >= 4 is 5.91 Å². The van der Waals surface area contributed by atoms with E-state index in [9.17, 15) is 4.79 Å². The molecule has 4 heteroatoms. The molecule has 1 amide bonds. The summed E-state index contributed by atoms with van der Waals surface area (Å²) in [5, 5.41) is 2.85. The number of rotatable bonds is 5. The Hall–Kier alpha value is -2.41. The molecule has 4 nitrogen and oxygen atoms in total. The van der Waals surface area contributed by atoms with E-state index in [1.54, 1.807) is 7.11 Å². The van der Waals surface area contributed by atoms with E-state index in [2.05, 4.69) is 29.3 Å². The minimum Gasteiger partial charge on any atom is -0.493 e. The molecule has 116 valence electrons. The van der Waals surface area contributed by atoms with Crippen molar-refractivity contribution < 1.29 is 14.3 Å². The van der Waals surface area contributed by atoms with Gasteiger partial charge < -0.3 is 14.8 Å². The Kier molecular flexibility index (Phi) is 6.38. The molecule has 1 aromatic rings. The first-order chi connectivity index (χ1) is 10.8. The summed E-state index contributed by atoms with van der Waals surface area (Å²) >= 11 is 0. The lowest BCUT2D eigenvalue weighted by Gasteiger charge is -2.16. The summed E-state index contributed by atoms with van der Waals surface area (Å²) < 4.78 is 10.7. The van der Waals surface area contributed by atoms with Crippen molar-refractivity contribution in [1.29, 1.82) is 0 Å². The Bertz CT molecular complexity index is 583. The molecule has 0 spiro atoms. The van der Waals surface area contributed by atoms with Gasteiger partial charge in [-0.2, -0.15) is 0 Å². The highest BCUT2D eigenvalue weighted by atomic mass is 16.5. The molecule has 0 aromatic heterocycles. The molecule has 1 N–H and O–H groups in total. The van der Waals surface area contributed by atoms with Crippen LogP contribution in [-0.4, -0.2) is 26.2 Å². The van der Waals surface area contributed by atoms with Gasteiger partial charge in [-0.05, 0) is 31.4 Å². The van der Waals surface area contributed by atoms with Crippen LogP contribution in [0, 0.1) is 17.8 Å². The number of hydrogen-bond donors (Lipinski definition) is 1. The predicted octanol–water partition coefficient (Wildman–Crippen LogP) is 2.55. The van der Waals surface area contributed by atoms with Gasteiger partial charge in [0.25, 0.3) is 0 Å². The fraction of sp³-hybridized carbons (Fsp3) is 0.389. The number of allylic oxidation sites excluding steroid dienone is 2. The third-order valence-electron chi connectivity index (χ3n) is 3.48. The van der Waals surface area contributed by atoms with Gasteiger partial charge in [0, 0.05) is 5.92 Å². The van der Waals surface area contributed by atoms with E-state index in [1.165, 1.54) is 0 Å². The van der Waals surface area contributed by atoms with E-state index < -0.39 is 0 Å². The van der Waals surface area contributed by atoms with Crippen LogP contribution in [0.4, 0.5) is 0 Å². The number of ether oxygens (including phenoxy) is 2. The van der Waals surface area contributed by atoms with E-state index >= 15 is 0 Å². The summed E-state index contributed by atoms with van der Waals surface area (Å²) in [4.78, 5) is 11.9. The molecule has 0 saturated heterocycles. The summed E-state index contributed by atoms with van der Waals surface area (Å²) in [7, 11) is 1.60. The van der Waals surface area contributed by atoms with Gasteiger partial charge in [0.2, 0.25) is 5.91 Å². The molecular weight excluding hydrogens is 278 g/mol. The molecule has 2 rings (SSSR count). The van der Waals surface area contributed by atoms with Crippen LogP contribution in [-0.2, 0) is 4.79 Å². The van der Waals surface area contributed by atoms with Crippen molar-refractivity contribution in [3.8, 4) is 23.3 Å². The Morgan fingerprint density at radius 1 is 1.27 bits per heavy atom. The van der Waals surface area contributed by atoms with E-state index in [1.807, 2.05) is 24.3 Å². The van der Waals surface area contributed by atoms with Crippen LogP contribution in [0.5, 0.6) is 11.5 Å². The number of benzene rings is 1. The maximum atomic E-state index is 11.9. The zero-order valence-corrected chi connectivity index (χ0v) is 12.8. The van der Waals surface area contributed by atoms with Crippen molar-refractivity contribution in [2.45, 2.75) is 19.3 Å². The summed E-state index contributed by atoms with van der Waals surface area (Å²) in [5.41, 5.74) is 0. The summed E-state index contributed by atoms with van der Waals surface area (Å²) in [6.45, 7) is 0.622. The van der Waals surface area contributed by atoms with Crippen LogP contribution in [0.3, 0.4) is 0 Å². The number of nitrogens with one attached hydrogen (secondary N) is 1. The fourth-order valence-electron chi connectivity index (χ4n) is 2.27. The lowest BCUT2D eigenvalue weighted by Crippen LogP contribution is -2.31. The largest absolute Gasteiger partial charge is 0.493 e. The van der Waals surface area contributed by atoms with Crippen molar-refractivity contribution in [3.05, 3.63) is 36.4 Å². The molecule has 22 heavy (non-hydrogen) atoms. The number of carbonyl (C=O) groups excluding carboxylic acids is 1. The van der Waals surface area contributed by atoms with Crippen LogP contribution in [0.2, 0.25) is 0 Å². The van der Waals surface area contributed by atoms with Crippen molar-refractivity contribution in [2.75, 3.05) is 20.3 Å². The van der Waals surface area contributed by atoms with Gasteiger partial charge in [0.05, 0.1) is 13.7 Å². The number of para-hydroxylation sites is 2. The highest BCUT2D eigenvalue weighted by Crippen LogP contribution is 2.25. The zero-order valence-electron chi connectivity index (χ0n) is 12.8. The molecule has 0 radical (unpaired) electrons. The lowest BCUT2D eigenvalue weighted by atomic mass is 9.94. The molecule has 1 aromatic carbocycles. The minimum atomic E-state index is 0.0873. The maximum absolute atomic E-state index is 11.9. The Morgan fingerprint density at radius 2 is 2.09 bits per heavy atom. The van der Waals surface area contributed by atoms with Gasteiger partial charge in [0.15, 0.2) is 11.5 Å². The van der Waals surface area contributed by atoms with Gasteiger partial charge in [-0.3, -0.25) is 4.79 Å². The smallest absolute Gasteiger partial charge is 0.224 e. The molecule has 0 unspecified atom stereocenters. The Labute approximate surface area is 131 Å². The van der Waals surface area contributed by atoms with Crippen LogP contribution in [0.15, 0.2) is 36.4 Å². The number of methoxy groups -OCH3 is 1. The Balaban J connectivity index is 1.69. The molecule has 0 aliphatic heterocycles. The number of carbonyl (C=O) groups is 1. The van der Waals surface area contributed by atoms with Crippen molar-refractivity contribution in [1.82, 2.24) is 5.32 Å². The van der Waals surface area contributed by atoms with Gasteiger partial charge in [-0.15, -0.1) is 0 Å². The van der Waals surface area contributed by atoms with E-state index in [0.29, 0.717) is 18.0 Å². The van der Waals surface area contributed by atoms with Gasteiger partial charge >= 0.3 is 0 Å². The first-order valence-corrected chi connectivity index (χ1v) is 7.45. The van der Waals surface area contributed by atoms with E-state index in [4.69, 9.17) is 9.47 Å². The van der Waals surface area contributed by atoms with Crippen LogP contribution in [0.1, 0.15) is 19.3 Å². The molecular formula is C18H21NO3.